The first-order chi connectivity index (χ1) is 16.0. The third kappa shape index (κ3) is 4.99. The number of benzene rings is 1. The van der Waals surface area contributed by atoms with Gasteiger partial charge in [-0.25, -0.2) is 14.4 Å². The maximum atomic E-state index is 14.4. The van der Waals surface area contributed by atoms with Crippen molar-refractivity contribution in [1.29, 1.82) is 0 Å². The van der Waals surface area contributed by atoms with Crippen LogP contribution in [0.25, 0.3) is 22.6 Å². The summed E-state index contributed by atoms with van der Waals surface area (Å²) in [6, 6.07) is 11.9. The molecule has 0 aliphatic rings. The van der Waals surface area contributed by atoms with Crippen molar-refractivity contribution in [3.63, 3.8) is 0 Å². The molecule has 3 heterocycles. The molecule has 0 fully saturated rings. The van der Waals surface area contributed by atoms with E-state index in [1.807, 2.05) is 44.4 Å². The summed E-state index contributed by atoms with van der Waals surface area (Å²) in [5.74, 6) is 5.17. The fourth-order valence-electron chi connectivity index (χ4n) is 3.11. The molecule has 0 saturated heterocycles. The highest BCUT2D eigenvalue weighted by Gasteiger charge is 2.22. The molecule has 0 atom stereocenters. The summed E-state index contributed by atoms with van der Waals surface area (Å²) in [4.78, 5) is 22.1. The predicted molar refractivity (Wildman–Crippen MR) is 128 cm³/mol. The molecule has 33 heavy (non-hydrogen) atoms. The van der Waals surface area contributed by atoms with Crippen LogP contribution in [0.2, 0.25) is 0 Å². The molecule has 0 radical (unpaired) electrons. The number of pyridine rings is 1. The molecule has 4 rings (SSSR count). The van der Waals surface area contributed by atoms with Crippen LogP contribution in [0.3, 0.4) is 0 Å². The smallest absolute Gasteiger partial charge is 0.261 e. The molecule has 166 valence electrons. The maximum absolute atomic E-state index is 14.4. The second kappa shape index (κ2) is 9.76. The lowest BCUT2D eigenvalue weighted by atomic mass is 10.1. The summed E-state index contributed by atoms with van der Waals surface area (Å²) in [5.41, 5.74) is 2.83. The standard InChI is InChI=1S/C25H22FN5OS/c1-4-5-9-17-10-8-13-21(27-17)22-15-33-25(28-22)29-24(32)19-14-31(16(2)3)30-23(19)18-11-6-7-12-20(18)26/h6-8,10-16H,4H2,1-3H3,(H,28,29,32). The van der Waals surface area contributed by atoms with Crippen molar-refractivity contribution in [1.82, 2.24) is 19.7 Å². The van der Waals surface area contributed by atoms with Crippen molar-refractivity contribution < 1.29 is 9.18 Å². The molecule has 0 unspecified atom stereocenters. The van der Waals surface area contributed by atoms with Crippen molar-refractivity contribution in [3.05, 3.63) is 71.1 Å². The Hall–Kier alpha value is -3.83. The summed E-state index contributed by atoms with van der Waals surface area (Å²) in [7, 11) is 0. The number of carbonyl (C=O) groups is 1. The molecule has 3 aromatic heterocycles. The van der Waals surface area contributed by atoms with Crippen LogP contribution >= 0.6 is 11.3 Å². The molecule has 4 aromatic rings. The second-order valence-electron chi connectivity index (χ2n) is 7.50. The van der Waals surface area contributed by atoms with Crippen LogP contribution in [0.15, 0.2) is 54.0 Å². The molecule has 1 aromatic carbocycles. The lowest BCUT2D eigenvalue weighted by Gasteiger charge is -2.04. The number of hydrogen-bond acceptors (Lipinski definition) is 5. The number of carbonyl (C=O) groups excluding carboxylic acids is 1. The van der Waals surface area contributed by atoms with Gasteiger partial charge in [-0.3, -0.25) is 14.8 Å². The molecular weight excluding hydrogens is 437 g/mol. The van der Waals surface area contributed by atoms with E-state index in [4.69, 9.17) is 0 Å². The highest BCUT2D eigenvalue weighted by molar-refractivity contribution is 7.14. The number of thiazole rings is 1. The summed E-state index contributed by atoms with van der Waals surface area (Å²) in [5, 5.41) is 9.52. The molecule has 0 aliphatic heterocycles. The number of amides is 1. The van der Waals surface area contributed by atoms with Crippen LogP contribution in [0.5, 0.6) is 0 Å². The van der Waals surface area contributed by atoms with Crippen LogP contribution in [-0.2, 0) is 0 Å². The molecule has 0 aliphatic carbocycles. The molecule has 8 heteroatoms. The average Bonchev–Trinajstić information content (AvgIpc) is 3.46. The number of nitrogens with zero attached hydrogens (tertiary/aromatic N) is 4. The maximum Gasteiger partial charge on any atom is 0.261 e. The van der Waals surface area contributed by atoms with Gasteiger partial charge in [-0.05, 0) is 44.0 Å². The number of nitrogens with one attached hydrogen (secondary N) is 1. The van der Waals surface area contributed by atoms with Crippen molar-refractivity contribution in [2.24, 2.45) is 0 Å². The van der Waals surface area contributed by atoms with Crippen molar-refractivity contribution in [2.45, 2.75) is 33.2 Å². The van der Waals surface area contributed by atoms with Gasteiger partial charge in [-0.1, -0.05) is 31.0 Å². The molecule has 0 spiro atoms. The van der Waals surface area contributed by atoms with E-state index in [-0.39, 0.29) is 17.2 Å². The molecular formula is C25H22FN5OS. The Labute approximate surface area is 195 Å². The minimum absolute atomic E-state index is 0.0118. The minimum Gasteiger partial charge on any atom is -0.298 e. The second-order valence-corrected chi connectivity index (χ2v) is 8.36. The minimum atomic E-state index is -0.436. The van der Waals surface area contributed by atoms with E-state index in [2.05, 4.69) is 32.2 Å². The van der Waals surface area contributed by atoms with Gasteiger partial charge in [0.2, 0.25) is 0 Å². The third-order valence-corrected chi connectivity index (χ3v) is 5.52. The van der Waals surface area contributed by atoms with Gasteiger partial charge in [-0.15, -0.1) is 11.3 Å². The highest BCUT2D eigenvalue weighted by Crippen LogP contribution is 2.28. The topological polar surface area (TPSA) is 72.7 Å². The Morgan fingerprint density at radius 1 is 1.15 bits per heavy atom. The Morgan fingerprint density at radius 3 is 2.73 bits per heavy atom. The van der Waals surface area contributed by atoms with E-state index < -0.39 is 11.7 Å². The SMILES string of the molecule is CCC#Cc1cccc(-c2csc(NC(=O)c3cn(C(C)C)nc3-c3ccccc3F)n2)n1. The van der Waals surface area contributed by atoms with Crippen LogP contribution in [0, 0.1) is 17.7 Å². The first kappa shape index (κ1) is 22.4. The Balaban J connectivity index is 1.61. The summed E-state index contributed by atoms with van der Waals surface area (Å²) < 4.78 is 16.1. The van der Waals surface area contributed by atoms with Crippen LogP contribution < -0.4 is 5.32 Å². The van der Waals surface area contributed by atoms with E-state index in [1.165, 1.54) is 17.4 Å². The molecule has 0 bridgehead atoms. The average molecular weight is 460 g/mol. The van der Waals surface area contributed by atoms with Gasteiger partial charge in [0.05, 0.1) is 11.3 Å². The molecule has 1 N–H and O–H groups in total. The third-order valence-electron chi connectivity index (χ3n) is 4.76. The van der Waals surface area contributed by atoms with E-state index in [9.17, 15) is 9.18 Å². The largest absolute Gasteiger partial charge is 0.298 e. The number of halogens is 1. The van der Waals surface area contributed by atoms with E-state index in [0.717, 1.165) is 6.42 Å². The van der Waals surface area contributed by atoms with E-state index in [0.29, 0.717) is 27.9 Å². The van der Waals surface area contributed by atoms with Crippen molar-refractivity contribution >= 4 is 22.4 Å². The first-order valence-corrected chi connectivity index (χ1v) is 11.4. The lowest BCUT2D eigenvalue weighted by molar-refractivity contribution is 0.102. The van der Waals surface area contributed by atoms with Gasteiger partial charge in [0.25, 0.3) is 5.91 Å². The monoisotopic (exact) mass is 459 g/mol. The summed E-state index contributed by atoms with van der Waals surface area (Å²) >= 11 is 1.29. The molecule has 6 nitrogen and oxygen atoms in total. The zero-order valence-corrected chi connectivity index (χ0v) is 19.3. The van der Waals surface area contributed by atoms with Gasteiger partial charge in [0.15, 0.2) is 5.13 Å². The Kier molecular flexibility index (Phi) is 6.61. The Bertz CT molecular complexity index is 1360. The number of aromatic nitrogens is 4. The normalized spacial score (nSPS) is 10.7. The molecule has 0 saturated carbocycles. The van der Waals surface area contributed by atoms with Crippen molar-refractivity contribution in [3.8, 4) is 34.5 Å². The molecule has 1 amide bonds. The highest BCUT2D eigenvalue weighted by atomic mass is 32.1. The number of anilines is 1. The lowest BCUT2D eigenvalue weighted by Crippen LogP contribution is -2.12. The van der Waals surface area contributed by atoms with E-state index in [1.54, 1.807) is 29.1 Å². The van der Waals surface area contributed by atoms with Gasteiger partial charge >= 0.3 is 0 Å². The quantitative estimate of drug-likeness (QED) is 0.383. The zero-order chi connectivity index (χ0) is 23.4. The van der Waals surface area contributed by atoms with Crippen LogP contribution in [-0.4, -0.2) is 25.7 Å². The van der Waals surface area contributed by atoms with E-state index >= 15 is 0 Å². The fourth-order valence-corrected chi connectivity index (χ4v) is 3.81. The van der Waals surface area contributed by atoms with Gasteiger partial charge in [-0.2, -0.15) is 5.10 Å². The predicted octanol–water partition coefficient (Wildman–Crippen LogP) is 5.80. The van der Waals surface area contributed by atoms with Crippen LogP contribution in [0.4, 0.5) is 9.52 Å². The zero-order valence-electron chi connectivity index (χ0n) is 18.5. The van der Waals surface area contributed by atoms with Crippen molar-refractivity contribution in [2.75, 3.05) is 5.32 Å². The Morgan fingerprint density at radius 2 is 1.97 bits per heavy atom. The number of hydrogen-bond donors (Lipinski definition) is 1. The van der Waals surface area contributed by atoms with Crippen LogP contribution in [0.1, 0.15) is 49.3 Å². The fraction of sp³-hybridized carbons (Fsp3) is 0.200. The summed E-state index contributed by atoms with van der Waals surface area (Å²) in [6.45, 7) is 5.87. The number of rotatable bonds is 5. The van der Waals surface area contributed by atoms with Gasteiger partial charge in [0.1, 0.15) is 22.9 Å². The summed E-state index contributed by atoms with van der Waals surface area (Å²) in [6.07, 6.45) is 2.38. The first-order valence-electron chi connectivity index (χ1n) is 10.5. The van der Waals surface area contributed by atoms with Gasteiger partial charge < -0.3 is 0 Å². The van der Waals surface area contributed by atoms with Gasteiger partial charge in [0, 0.05) is 29.6 Å².